The second-order valence-corrected chi connectivity index (χ2v) is 6.84. The first-order chi connectivity index (χ1) is 12.1. The van der Waals surface area contributed by atoms with Crippen molar-refractivity contribution in [1.29, 1.82) is 0 Å². The summed E-state index contributed by atoms with van der Waals surface area (Å²) in [6.45, 7) is 1.91. The van der Waals surface area contributed by atoms with Gasteiger partial charge in [-0.25, -0.2) is 4.98 Å². The molecule has 5 nitrogen and oxygen atoms in total. The van der Waals surface area contributed by atoms with Crippen LogP contribution in [0.5, 0.6) is 0 Å². The molecule has 0 aliphatic rings. The molecule has 0 saturated carbocycles. The highest BCUT2D eigenvalue weighted by molar-refractivity contribution is 7.21. The SMILES string of the molecule is Cc1cc(C(=O)Nc2ccc(-c3nc4ccccc4s3)cc2)nn1C. The van der Waals surface area contributed by atoms with Gasteiger partial charge < -0.3 is 5.32 Å². The van der Waals surface area contributed by atoms with Crippen molar-refractivity contribution >= 4 is 33.1 Å². The lowest BCUT2D eigenvalue weighted by Gasteiger charge is -2.04. The van der Waals surface area contributed by atoms with Crippen LogP contribution in [0.2, 0.25) is 0 Å². The van der Waals surface area contributed by atoms with Crippen molar-refractivity contribution in [1.82, 2.24) is 14.8 Å². The number of nitrogens with one attached hydrogen (secondary N) is 1. The van der Waals surface area contributed by atoms with Gasteiger partial charge in [0.2, 0.25) is 0 Å². The maximum Gasteiger partial charge on any atom is 0.276 e. The first kappa shape index (κ1) is 15.5. The first-order valence-corrected chi connectivity index (χ1v) is 8.70. The van der Waals surface area contributed by atoms with Crippen molar-refractivity contribution in [3.63, 3.8) is 0 Å². The number of anilines is 1. The Kier molecular flexibility index (Phi) is 3.82. The van der Waals surface area contributed by atoms with Crippen LogP contribution in [0, 0.1) is 6.92 Å². The second kappa shape index (κ2) is 6.14. The molecule has 2 aromatic heterocycles. The molecule has 6 heteroatoms. The van der Waals surface area contributed by atoms with Crippen molar-refractivity contribution in [3.05, 3.63) is 66.0 Å². The minimum Gasteiger partial charge on any atom is -0.321 e. The molecule has 25 heavy (non-hydrogen) atoms. The Bertz CT molecular complexity index is 1010. The Morgan fingerprint density at radius 3 is 2.56 bits per heavy atom. The van der Waals surface area contributed by atoms with Gasteiger partial charge in [-0.05, 0) is 49.4 Å². The van der Waals surface area contributed by atoms with Gasteiger partial charge in [0, 0.05) is 24.0 Å². The number of benzene rings is 2. The van der Waals surface area contributed by atoms with Crippen LogP contribution in [-0.4, -0.2) is 20.7 Å². The van der Waals surface area contributed by atoms with E-state index in [0.29, 0.717) is 5.69 Å². The smallest absolute Gasteiger partial charge is 0.276 e. The van der Waals surface area contributed by atoms with E-state index in [2.05, 4.69) is 21.5 Å². The molecule has 0 atom stereocenters. The molecule has 0 radical (unpaired) electrons. The molecule has 4 aromatic rings. The van der Waals surface area contributed by atoms with Crippen LogP contribution in [0.4, 0.5) is 5.69 Å². The number of aromatic nitrogens is 3. The normalized spacial score (nSPS) is 11.0. The van der Waals surface area contributed by atoms with Crippen molar-refractivity contribution < 1.29 is 4.79 Å². The third kappa shape index (κ3) is 3.04. The minimum absolute atomic E-state index is 0.212. The zero-order valence-corrected chi connectivity index (χ0v) is 14.7. The fourth-order valence-corrected chi connectivity index (χ4v) is 3.53. The van der Waals surface area contributed by atoms with E-state index in [4.69, 9.17) is 0 Å². The molecule has 2 aromatic carbocycles. The summed E-state index contributed by atoms with van der Waals surface area (Å²) < 4.78 is 2.85. The van der Waals surface area contributed by atoms with Crippen LogP contribution in [0.1, 0.15) is 16.2 Å². The Labute approximate surface area is 149 Å². The molecular formula is C19H16N4OS. The number of nitrogens with zero attached hydrogens (tertiary/aromatic N) is 3. The Balaban J connectivity index is 1.54. The number of hydrogen-bond donors (Lipinski definition) is 1. The summed E-state index contributed by atoms with van der Waals surface area (Å²) in [5.74, 6) is -0.212. The highest BCUT2D eigenvalue weighted by atomic mass is 32.1. The van der Waals surface area contributed by atoms with E-state index in [1.54, 1.807) is 22.1 Å². The summed E-state index contributed by atoms with van der Waals surface area (Å²) in [4.78, 5) is 16.9. The summed E-state index contributed by atoms with van der Waals surface area (Å²) in [5, 5.41) is 8.04. The van der Waals surface area contributed by atoms with Crippen molar-refractivity contribution in [2.45, 2.75) is 6.92 Å². The molecular weight excluding hydrogens is 332 g/mol. The number of aryl methyl sites for hydroxylation is 2. The van der Waals surface area contributed by atoms with Gasteiger partial charge in [-0.3, -0.25) is 9.48 Å². The monoisotopic (exact) mass is 348 g/mol. The summed E-state index contributed by atoms with van der Waals surface area (Å²) in [6.07, 6.45) is 0. The van der Waals surface area contributed by atoms with Gasteiger partial charge in [-0.15, -0.1) is 11.3 Å². The molecule has 1 amide bonds. The molecule has 0 saturated heterocycles. The lowest BCUT2D eigenvalue weighted by molar-refractivity contribution is 0.102. The predicted molar refractivity (Wildman–Crippen MR) is 101 cm³/mol. The van der Waals surface area contributed by atoms with Crippen molar-refractivity contribution in [2.75, 3.05) is 5.32 Å². The zero-order chi connectivity index (χ0) is 17.4. The van der Waals surface area contributed by atoms with Crippen LogP contribution in [0.25, 0.3) is 20.8 Å². The molecule has 0 fully saturated rings. The average molecular weight is 348 g/mol. The fourth-order valence-electron chi connectivity index (χ4n) is 2.56. The maximum atomic E-state index is 12.3. The summed E-state index contributed by atoms with van der Waals surface area (Å²) in [6, 6.07) is 17.6. The van der Waals surface area contributed by atoms with E-state index in [1.807, 2.05) is 56.4 Å². The van der Waals surface area contributed by atoms with Crippen LogP contribution >= 0.6 is 11.3 Å². The molecule has 0 unspecified atom stereocenters. The van der Waals surface area contributed by atoms with E-state index in [0.717, 1.165) is 27.5 Å². The van der Waals surface area contributed by atoms with E-state index in [1.165, 1.54) is 4.70 Å². The zero-order valence-electron chi connectivity index (χ0n) is 13.9. The van der Waals surface area contributed by atoms with Crippen molar-refractivity contribution in [3.8, 4) is 10.6 Å². The van der Waals surface area contributed by atoms with E-state index in [-0.39, 0.29) is 5.91 Å². The number of thiazole rings is 1. The van der Waals surface area contributed by atoms with Gasteiger partial charge >= 0.3 is 0 Å². The summed E-state index contributed by atoms with van der Waals surface area (Å²) in [7, 11) is 1.82. The van der Waals surface area contributed by atoms with Gasteiger partial charge in [0.15, 0.2) is 5.69 Å². The number of hydrogen-bond acceptors (Lipinski definition) is 4. The van der Waals surface area contributed by atoms with Crippen LogP contribution < -0.4 is 5.32 Å². The molecule has 0 aliphatic carbocycles. The fraction of sp³-hybridized carbons (Fsp3) is 0.105. The molecule has 0 aliphatic heterocycles. The topological polar surface area (TPSA) is 59.8 Å². The quantitative estimate of drug-likeness (QED) is 0.602. The van der Waals surface area contributed by atoms with E-state index in [9.17, 15) is 4.79 Å². The lowest BCUT2D eigenvalue weighted by atomic mass is 10.2. The number of carbonyl (C=O) groups excluding carboxylic acids is 1. The van der Waals surface area contributed by atoms with Gasteiger partial charge in [0.05, 0.1) is 10.2 Å². The number of para-hydroxylation sites is 1. The third-order valence-corrected chi connectivity index (χ3v) is 5.12. The molecule has 4 rings (SSSR count). The van der Waals surface area contributed by atoms with Crippen LogP contribution in [0.3, 0.4) is 0 Å². The number of carbonyl (C=O) groups is 1. The van der Waals surface area contributed by atoms with Crippen LogP contribution in [-0.2, 0) is 7.05 Å². The Morgan fingerprint density at radius 2 is 1.88 bits per heavy atom. The largest absolute Gasteiger partial charge is 0.321 e. The van der Waals surface area contributed by atoms with E-state index < -0.39 is 0 Å². The Hall–Kier alpha value is -2.99. The lowest BCUT2D eigenvalue weighted by Crippen LogP contribution is -2.12. The van der Waals surface area contributed by atoms with Gasteiger partial charge in [0.1, 0.15) is 5.01 Å². The molecule has 0 spiro atoms. The first-order valence-electron chi connectivity index (χ1n) is 7.88. The average Bonchev–Trinajstić information content (AvgIpc) is 3.19. The molecule has 2 heterocycles. The van der Waals surface area contributed by atoms with E-state index >= 15 is 0 Å². The number of rotatable bonds is 3. The van der Waals surface area contributed by atoms with Crippen LogP contribution in [0.15, 0.2) is 54.6 Å². The molecule has 1 N–H and O–H groups in total. The standard InChI is InChI=1S/C19H16N4OS/c1-12-11-16(22-23(12)2)18(24)20-14-9-7-13(8-10-14)19-21-15-5-3-4-6-17(15)25-19/h3-11H,1-2H3,(H,20,24). The van der Waals surface area contributed by atoms with Gasteiger partial charge in [-0.2, -0.15) is 5.10 Å². The molecule has 124 valence electrons. The minimum atomic E-state index is -0.212. The predicted octanol–water partition coefficient (Wildman–Crippen LogP) is 4.26. The Morgan fingerprint density at radius 1 is 1.12 bits per heavy atom. The maximum absolute atomic E-state index is 12.3. The van der Waals surface area contributed by atoms with Gasteiger partial charge in [0.25, 0.3) is 5.91 Å². The number of fused-ring (bicyclic) bond motifs is 1. The second-order valence-electron chi connectivity index (χ2n) is 5.81. The third-order valence-electron chi connectivity index (χ3n) is 4.03. The highest BCUT2D eigenvalue weighted by Gasteiger charge is 2.12. The number of amides is 1. The van der Waals surface area contributed by atoms with Crippen molar-refractivity contribution in [2.24, 2.45) is 7.05 Å². The van der Waals surface area contributed by atoms with Gasteiger partial charge in [-0.1, -0.05) is 12.1 Å². The molecule has 0 bridgehead atoms. The summed E-state index contributed by atoms with van der Waals surface area (Å²) >= 11 is 1.66. The summed E-state index contributed by atoms with van der Waals surface area (Å²) in [5.41, 5.74) is 4.13. The highest BCUT2D eigenvalue weighted by Crippen LogP contribution is 2.30.